The van der Waals surface area contributed by atoms with Crippen molar-refractivity contribution in [3.63, 3.8) is 0 Å². The molecule has 3 N–H and O–H groups in total. The van der Waals surface area contributed by atoms with Crippen molar-refractivity contribution in [3.05, 3.63) is 90.2 Å². The first-order chi connectivity index (χ1) is 16.6. The molecule has 0 saturated heterocycles. The van der Waals surface area contributed by atoms with Gasteiger partial charge in [0.05, 0.1) is 23.3 Å². The highest BCUT2D eigenvalue weighted by atomic mass is 19.1. The third-order valence-electron chi connectivity index (χ3n) is 5.31. The van der Waals surface area contributed by atoms with Crippen LogP contribution in [0.5, 0.6) is 5.75 Å². The van der Waals surface area contributed by atoms with E-state index in [1.807, 2.05) is 61.5 Å². The summed E-state index contributed by atoms with van der Waals surface area (Å²) in [7, 11) is 0. The van der Waals surface area contributed by atoms with Crippen molar-refractivity contribution < 1.29 is 9.13 Å². The molecular formula is C26H23FN6O. The van der Waals surface area contributed by atoms with Gasteiger partial charge >= 0.3 is 0 Å². The van der Waals surface area contributed by atoms with E-state index in [9.17, 15) is 4.39 Å². The minimum absolute atomic E-state index is 0.359. The molecule has 0 fully saturated rings. The lowest BCUT2D eigenvalue weighted by Crippen LogP contribution is -2.13. The first kappa shape index (κ1) is 21.4. The third kappa shape index (κ3) is 4.38. The average Bonchev–Trinajstić information content (AvgIpc) is 3.18. The van der Waals surface area contributed by atoms with Gasteiger partial charge in [0.1, 0.15) is 24.0 Å². The summed E-state index contributed by atoms with van der Waals surface area (Å²) >= 11 is 0. The fourth-order valence-corrected chi connectivity index (χ4v) is 3.74. The topological polar surface area (TPSA) is 90.9 Å². The van der Waals surface area contributed by atoms with Gasteiger partial charge in [0.15, 0.2) is 5.65 Å². The summed E-state index contributed by atoms with van der Waals surface area (Å²) in [6.07, 6.45) is 0. The van der Waals surface area contributed by atoms with E-state index in [-0.39, 0.29) is 5.82 Å². The van der Waals surface area contributed by atoms with Crippen LogP contribution in [0.25, 0.3) is 28.0 Å². The van der Waals surface area contributed by atoms with Crippen LogP contribution in [0.3, 0.4) is 0 Å². The van der Waals surface area contributed by atoms with Gasteiger partial charge in [-0.05, 0) is 48.9 Å². The minimum atomic E-state index is -0.361. The Hall–Kier alpha value is -4.46. The molecule has 0 aliphatic carbocycles. The van der Waals surface area contributed by atoms with Crippen LogP contribution in [-0.4, -0.2) is 32.9 Å². The molecule has 0 bridgehead atoms. The first-order valence-electron chi connectivity index (χ1n) is 10.9. The second kappa shape index (κ2) is 9.19. The quantitative estimate of drug-likeness (QED) is 0.336. The Bertz CT molecular complexity index is 1450. The maximum atomic E-state index is 14.1. The lowest BCUT2D eigenvalue weighted by Gasteiger charge is -2.10. The van der Waals surface area contributed by atoms with Crippen molar-refractivity contribution in [1.29, 1.82) is 0 Å². The molecule has 0 amide bonds. The Morgan fingerprint density at radius 3 is 2.59 bits per heavy atom. The van der Waals surface area contributed by atoms with E-state index in [1.54, 1.807) is 16.8 Å². The third-order valence-corrected chi connectivity index (χ3v) is 5.31. The summed E-state index contributed by atoms with van der Waals surface area (Å²) in [4.78, 5) is 9.24. The van der Waals surface area contributed by atoms with E-state index in [2.05, 4.69) is 20.4 Å². The summed E-state index contributed by atoms with van der Waals surface area (Å²) in [6, 6.07) is 23.6. The summed E-state index contributed by atoms with van der Waals surface area (Å²) in [5, 5.41) is 8.39. The van der Waals surface area contributed by atoms with Gasteiger partial charge in [0.2, 0.25) is 5.95 Å². The van der Waals surface area contributed by atoms with Gasteiger partial charge in [-0.1, -0.05) is 42.5 Å². The van der Waals surface area contributed by atoms with Crippen LogP contribution < -0.4 is 15.8 Å². The van der Waals surface area contributed by atoms with Crippen LogP contribution in [-0.2, 0) is 0 Å². The van der Waals surface area contributed by atoms with Gasteiger partial charge in [-0.25, -0.2) is 14.1 Å². The predicted molar refractivity (Wildman–Crippen MR) is 132 cm³/mol. The van der Waals surface area contributed by atoms with Crippen molar-refractivity contribution in [2.24, 2.45) is 0 Å². The summed E-state index contributed by atoms with van der Waals surface area (Å²) in [6.45, 7) is 2.89. The Morgan fingerprint density at radius 2 is 1.79 bits per heavy atom. The van der Waals surface area contributed by atoms with Crippen LogP contribution in [0.4, 0.5) is 16.2 Å². The van der Waals surface area contributed by atoms with Gasteiger partial charge in [0, 0.05) is 5.56 Å². The van der Waals surface area contributed by atoms with E-state index in [0.29, 0.717) is 47.2 Å². The molecular weight excluding hydrogens is 431 g/mol. The largest absolute Gasteiger partial charge is 0.492 e. The van der Waals surface area contributed by atoms with Crippen LogP contribution in [0, 0.1) is 12.7 Å². The van der Waals surface area contributed by atoms with Crippen molar-refractivity contribution in [3.8, 4) is 22.7 Å². The van der Waals surface area contributed by atoms with E-state index in [0.717, 1.165) is 17.0 Å². The maximum absolute atomic E-state index is 14.1. The molecule has 7 nitrogen and oxygen atoms in total. The predicted octanol–water partition coefficient (Wildman–Crippen LogP) is 5.00. The molecule has 2 aromatic heterocycles. The van der Waals surface area contributed by atoms with E-state index < -0.39 is 0 Å². The number of nitrogen functional groups attached to an aromatic ring is 1. The minimum Gasteiger partial charge on any atom is -0.492 e. The molecule has 3 aromatic carbocycles. The number of nitrogens with one attached hydrogen (secondary N) is 1. The molecule has 0 unspecified atom stereocenters. The lowest BCUT2D eigenvalue weighted by atomic mass is 10.1. The number of rotatable bonds is 7. The number of aromatic nitrogens is 4. The molecule has 34 heavy (non-hydrogen) atoms. The fraction of sp³-hybridized carbons (Fsp3) is 0.115. The standard InChI is InChI=1S/C26H23FN6O/c1-17-7-5-10-20(15-17)33-24(28)22-23(18-8-6-9-19(27)16-18)30-26(31-25(22)32-33)29-13-14-34-21-11-3-2-4-12-21/h2-12,15-16H,13-14,28H2,1H3,(H,29,31,32). The molecule has 0 atom stereocenters. The fourth-order valence-electron chi connectivity index (χ4n) is 3.74. The molecule has 170 valence electrons. The highest BCUT2D eigenvalue weighted by Crippen LogP contribution is 2.33. The molecule has 0 aliphatic rings. The Kier molecular flexibility index (Phi) is 5.78. The van der Waals surface area contributed by atoms with Crippen LogP contribution >= 0.6 is 0 Å². The van der Waals surface area contributed by atoms with Crippen LogP contribution in [0.2, 0.25) is 0 Å². The van der Waals surface area contributed by atoms with E-state index in [1.165, 1.54) is 12.1 Å². The summed E-state index contributed by atoms with van der Waals surface area (Å²) < 4.78 is 21.4. The highest BCUT2D eigenvalue weighted by Gasteiger charge is 2.19. The number of hydrogen-bond acceptors (Lipinski definition) is 6. The second-order valence-electron chi connectivity index (χ2n) is 7.83. The van der Waals surface area contributed by atoms with Crippen LogP contribution in [0.15, 0.2) is 78.9 Å². The number of hydrogen-bond donors (Lipinski definition) is 2. The molecule has 0 spiro atoms. The molecule has 0 aliphatic heterocycles. The van der Waals surface area contributed by atoms with Crippen molar-refractivity contribution in [2.45, 2.75) is 6.92 Å². The Labute approximate surface area is 196 Å². The number of aryl methyl sites for hydroxylation is 1. The zero-order valence-corrected chi connectivity index (χ0v) is 18.6. The first-order valence-corrected chi connectivity index (χ1v) is 10.9. The van der Waals surface area contributed by atoms with Gasteiger partial charge in [-0.3, -0.25) is 0 Å². The molecule has 5 rings (SSSR count). The number of para-hydroxylation sites is 1. The number of anilines is 2. The van der Waals surface area contributed by atoms with Gasteiger partial charge in [-0.15, -0.1) is 5.10 Å². The van der Waals surface area contributed by atoms with Gasteiger partial charge < -0.3 is 15.8 Å². The molecule has 0 saturated carbocycles. The Morgan fingerprint density at radius 1 is 0.971 bits per heavy atom. The lowest BCUT2D eigenvalue weighted by molar-refractivity contribution is 0.332. The van der Waals surface area contributed by atoms with Crippen molar-refractivity contribution in [2.75, 3.05) is 24.2 Å². The molecule has 2 heterocycles. The zero-order chi connectivity index (χ0) is 23.5. The maximum Gasteiger partial charge on any atom is 0.225 e. The van der Waals surface area contributed by atoms with E-state index >= 15 is 0 Å². The van der Waals surface area contributed by atoms with Crippen LogP contribution in [0.1, 0.15) is 5.56 Å². The molecule has 5 aromatic rings. The molecule has 8 heteroatoms. The summed E-state index contributed by atoms with van der Waals surface area (Å²) in [5.74, 6) is 1.17. The number of halogens is 1. The van der Waals surface area contributed by atoms with E-state index in [4.69, 9.17) is 10.5 Å². The number of fused-ring (bicyclic) bond motifs is 1. The van der Waals surface area contributed by atoms with Crippen molar-refractivity contribution >= 4 is 22.8 Å². The Balaban J connectivity index is 1.52. The second-order valence-corrected chi connectivity index (χ2v) is 7.83. The number of nitrogens with two attached hydrogens (primary N) is 1. The molecule has 0 radical (unpaired) electrons. The number of benzene rings is 3. The monoisotopic (exact) mass is 454 g/mol. The van der Waals surface area contributed by atoms with Crippen molar-refractivity contribution in [1.82, 2.24) is 19.7 Å². The van der Waals surface area contributed by atoms with Gasteiger partial charge in [0.25, 0.3) is 0 Å². The average molecular weight is 455 g/mol. The summed E-state index contributed by atoms with van der Waals surface area (Å²) in [5.41, 5.74) is 9.92. The zero-order valence-electron chi connectivity index (χ0n) is 18.6. The highest BCUT2D eigenvalue weighted by molar-refractivity contribution is 5.99. The normalized spacial score (nSPS) is 11.0. The smallest absolute Gasteiger partial charge is 0.225 e. The van der Waals surface area contributed by atoms with Gasteiger partial charge in [-0.2, -0.15) is 4.98 Å². The number of nitrogens with zero attached hydrogens (tertiary/aromatic N) is 4. The SMILES string of the molecule is Cc1cccc(-n2nc3nc(NCCOc4ccccc4)nc(-c4cccc(F)c4)c3c2N)c1. The number of ether oxygens (including phenoxy) is 1.